The molecule has 1 aromatic rings. The van der Waals surface area contributed by atoms with Gasteiger partial charge in [0, 0.05) is 11.5 Å². The minimum atomic E-state index is 0.215. The number of ketones is 1. The third-order valence-corrected chi connectivity index (χ3v) is 5.68. The summed E-state index contributed by atoms with van der Waals surface area (Å²) >= 11 is 0. The topological polar surface area (TPSA) is 26.3 Å². The molecule has 1 aliphatic rings. The SMILES string of the molecule is CCCCCc1cc(C)c(C2C=C(C(C)=O)CCC2CC)c(OC)c1. The van der Waals surface area contributed by atoms with E-state index in [1.165, 1.54) is 36.0 Å². The highest BCUT2D eigenvalue weighted by atomic mass is 16.5. The van der Waals surface area contributed by atoms with Crippen LogP contribution in [0.3, 0.4) is 0 Å². The Morgan fingerprint density at radius 1 is 1.24 bits per heavy atom. The normalized spacial score (nSPS) is 20.3. The van der Waals surface area contributed by atoms with Crippen LogP contribution in [0.4, 0.5) is 0 Å². The average Bonchev–Trinajstić information content (AvgIpc) is 2.60. The molecule has 0 bridgehead atoms. The number of Topliss-reactive ketones (excluding diaryl/α,β-unsaturated/α-hetero) is 1. The first-order chi connectivity index (χ1) is 12.0. The van der Waals surface area contributed by atoms with Crippen LogP contribution in [0.25, 0.3) is 0 Å². The molecule has 2 heteroatoms. The number of unbranched alkanes of at least 4 members (excludes halogenated alkanes) is 2. The summed E-state index contributed by atoms with van der Waals surface area (Å²) in [6.45, 7) is 8.38. The van der Waals surface area contributed by atoms with Crippen LogP contribution < -0.4 is 4.74 Å². The number of carbonyl (C=O) groups excluding carboxylic acids is 1. The third-order valence-electron chi connectivity index (χ3n) is 5.68. The highest BCUT2D eigenvalue weighted by molar-refractivity contribution is 5.93. The van der Waals surface area contributed by atoms with Crippen molar-refractivity contribution in [3.8, 4) is 5.75 Å². The van der Waals surface area contributed by atoms with E-state index >= 15 is 0 Å². The maximum absolute atomic E-state index is 11.9. The molecule has 0 saturated carbocycles. The highest BCUT2D eigenvalue weighted by Gasteiger charge is 2.29. The van der Waals surface area contributed by atoms with E-state index in [-0.39, 0.29) is 11.7 Å². The van der Waals surface area contributed by atoms with Crippen molar-refractivity contribution >= 4 is 5.78 Å². The molecule has 0 heterocycles. The van der Waals surface area contributed by atoms with Crippen LogP contribution in [-0.2, 0) is 11.2 Å². The third kappa shape index (κ3) is 4.74. The maximum atomic E-state index is 11.9. The summed E-state index contributed by atoms with van der Waals surface area (Å²) in [5.41, 5.74) is 4.94. The lowest BCUT2D eigenvalue weighted by Crippen LogP contribution is -2.19. The highest BCUT2D eigenvalue weighted by Crippen LogP contribution is 2.43. The van der Waals surface area contributed by atoms with E-state index in [2.05, 4.69) is 39.0 Å². The molecule has 1 aliphatic carbocycles. The first-order valence-electron chi connectivity index (χ1n) is 9.90. The molecular weight excluding hydrogens is 308 g/mol. The summed E-state index contributed by atoms with van der Waals surface area (Å²) in [6, 6.07) is 4.55. The van der Waals surface area contributed by atoms with Crippen LogP contribution in [-0.4, -0.2) is 12.9 Å². The Morgan fingerprint density at radius 3 is 2.60 bits per heavy atom. The van der Waals surface area contributed by atoms with Gasteiger partial charge in [-0.1, -0.05) is 45.3 Å². The molecule has 0 radical (unpaired) electrons. The number of methoxy groups -OCH3 is 1. The Morgan fingerprint density at radius 2 is 2.00 bits per heavy atom. The van der Waals surface area contributed by atoms with E-state index in [1.54, 1.807) is 14.0 Å². The Kier molecular flexibility index (Phi) is 7.28. The zero-order chi connectivity index (χ0) is 18.4. The van der Waals surface area contributed by atoms with Crippen LogP contribution in [0.2, 0.25) is 0 Å². The quantitative estimate of drug-likeness (QED) is 0.529. The van der Waals surface area contributed by atoms with Gasteiger partial charge in [-0.05, 0) is 68.2 Å². The minimum Gasteiger partial charge on any atom is -0.496 e. The molecule has 2 atom stereocenters. The van der Waals surface area contributed by atoms with Gasteiger partial charge in [0.2, 0.25) is 0 Å². The number of hydrogen-bond donors (Lipinski definition) is 0. The van der Waals surface area contributed by atoms with Crippen molar-refractivity contribution in [1.29, 1.82) is 0 Å². The van der Waals surface area contributed by atoms with Crippen LogP contribution in [0.1, 0.15) is 81.9 Å². The van der Waals surface area contributed by atoms with Crippen molar-refractivity contribution in [1.82, 2.24) is 0 Å². The van der Waals surface area contributed by atoms with Gasteiger partial charge < -0.3 is 4.74 Å². The van der Waals surface area contributed by atoms with Crippen molar-refractivity contribution < 1.29 is 9.53 Å². The van der Waals surface area contributed by atoms with Gasteiger partial charge in [-0.2, -0.15) is 0 Å². The Labute approximate surface area is 153 Å². The predicted molar refractivity (Wildman–Crippen MR) is 105 cm³/mol. The summed E-state index contributed by atoms with van der Waals surface area (Å²) in [5.74, 6) is 2.09. The van der Waals surface area contributed by atoms with E-state index in [0.717, 1.165) is 37.0 Å². The molecule has 1 aromatic carbocycles. The van der Waals surface area contributed by atoms with Gasteiger partial charge in [-0.25, -0.2) is 0 Å². The first-order valence-corrected chi connectivity index (χ1v) is 9.90. The van der Waals surface area contributed by atoms with Gasteiger partial charge in [0.25, 0.3) is 0 Å². The van der Waals surface area contributed by atoms with Crippen molar-refractivity contribution in [2.75, 3.05) is 7.11 Å². The van der Waals surface area contributed by atoms with E-state index < -0.39 is 0 Å². The van der Waals surface area contributed by atoms with Gasteiger partial charge in [-0.3, -0.25) is 4.79 Å². The lowest BCUT2D eigenvalue weighted by atomic mass is 9.73. The molecular formula is C23H34O2. The molecule has 0 fully saturated rings. The van der Waals surface area contributed by atoms with Crippen LogP contribution in [0.5, 0.6) is 5.75 Å². The van der Waals surface area contributed by atoms with E-state index in [4.69, 9.17) is 4.74 Å². The molecule has 0 amide bonds. The predicted octanol–water partition coefficient (Wildman–Crippen LogP) is 6.16. The number of rotatable bonds is 8. The molecule has 0 spiro atoms. The Bertz CT molecular complexity index is 627. The zero-order valence-electron chi connectivity index (χ0n) is 16.7. The summed E-state index contributed by atoms with van der Waals surface area (Å²) < 4.78 is 5.80. The van der Waals surface area contributed by atoms with Crippen molar-refractivity contribution in [2.45, 2.75) is 78.6 Å². The van der Waals surface area contributed by atoms with Gasteiger partial charge in [-0.15, -0.1) is 0 Å². The number of ether oxygens (including phenoxy) is 1. The monoisotopic (exact) mass is 342 g/mol. The van der Waals surface area contributed by atoms with Crippen molar-refractivity contribution in [3.05, 3.63) is 40.5 Å². The molecule has 0 aromatic heterocycles. The summed E-state index contributed by atoms with van der Waals surface area (Å²) in [5, 5.41) is 0. The summed E-state index contributed by atoms with van der Waals surface area (Å²) in [7, 11) is 1.77. The fourth-order valence-corrected chi connectivity index (χ4v) is 4.18. The number of hydrogen-bond acceptors (Lipinski definition) is 2. The molecule has 0 saturated heterocycles. The summed E-state index contributed by atoms with van der Waals surface area (Å²) in [4.78, 5) is 11.9. The first kappa shape index (κ1) is 19.8. The second-order valence-electron chi connectivity index (χ2n) is 7.47. The fraction of sp³-hybridized carbons (Fsp3) is 0.609. The Hall–Kier alpha value is -1.57. The van der Waals surface area contributed by atoms with Crippen LogP contribution in [0, 0.1) is 12.8 Å². The molecule has 2 unspecified atom stereocenters. The minimum absolute atomic E-state index is 0.215. The fourth-order valence-electron chi connectivity index (χ4n) is 4.18. The second kappa shape index (κ2) is 9.22. The average molecular weight is 343 g/mol. The lowest BCUT2D eigenvalue weighted by molar-refractivity contribution is -0.113. The van der Waals surface area contributed by atoms with Gasteiger partial charge in [0.15, 0.2) is 5.78 Å². The van der Waals surface area contributed by atoms with Crippen molar-refractivity contribution in [2.24, 2.45) is 5.92 Å². The van der Waals surface area contributed by atoms with Crippen LogP contribution in [0.15, 0.2) is 23.8 Å². The Balaban J connectivity index is 2.41. The maximum Gasteiger partial charge on any atom is 0.155 e. The van der Waals surface area contributed by atoms with Crippen LogP contribution >= 0.6 is 0 Å². The van der Waals surface area contributed by atoms with E-state index in [9.17, 15) is 4.79 Å². The number of carbonyl (C=O) groups is 1. The summed E-state index contributed by atoms with van der Waals surface area (Å²) in [6.07, 6.45) is 10.2. The smallest absolute Gasteiger partial charge is 0.155 e. The molecule has 138 valence electrons. The van der Waals surface area contributed by atoms with Gasteiger partial charge >= 0.3 is 0 Å². The molecule has 0 aliphatic heterocycles. The molecule has 2 nitrogen and oxygen atoms in total. The standard InChI is InChI=1S/C23H34O2/c1-6-8-9-10-18-13-16(3)23(22(14-18)25-5)21-15-20(17(4)24)12-11-19(21)7-2/h13-15,19,21H,6-12H2,1-5H3. The van der Waals surface area contributed by atoms with Gasteiger partial charge in [0.1, 0.15) is 5.75 Å². The van der Waals surface area contributed by atoms with E-state index in [1.807, 2.05) is 0 Å². The number of aryl methyl sites for hydroxylation is 2. The molecule has 2 rings (SSSR count). The number of allylic oxidation sites excluding steroid dienone is 2. The number of benzene rings is 1. The van der Waals surface area contributed by atoms with Gasteiger partial charge in [0.05, 0.1) is 7.11 Å². The van der Waals surface area contributed by atoms with E-state index in [0.29, 0.717) is 5.92 Å². The lowest BCUT2D eigenvalue weighted by Gasteiger charge is -2.31. The largest absolute Gasteiger partial charge is 0.496 e. The van der Waals surface area contributed by atoms with Crippen molar-refractivity contribution in [3.63, 3.8) is 0 Å². The molecule has 25 heavy (non-hydrogen) atoms. The molecule has 0 N–H and O–H groups in total. The zero-order valence-corrected chi connectivity index (χ0v) is 16.7. The second-order valence-corrected chi connectivity index (χ2v) is 7.47.